The van der Waals surface area contributed by atoms with Crippen LogP contribution in [-0.4, -0.2) is 21.0 Å². The molecule has 0 atom stereocenters. The Labute approximate surface area is 245 Å². The van der Waals surface area contributed by atoms with Crippen LogP contribution >= 0.6 is 0 Å². The Bertz CT molecular complexity index is 1380. The normalized spacial score (nSPS) is 11.8. The molecular weight excluding hydrogens is 506 g/mol. The second kappa shape index (κ2) is 12.6. The average molecular weight is 550 g/mol. The lowest BCUT2D eigenvalue weighted by molar-refractivity contribution is 0.205. The molecule has 0 radical (unpaired) electrons. The minimum absolute atomic E-state index is 0.165. The van der Waals surface area contributed by atoms with E-state index in [9.17, 15) is 9.90 Å². The van der Waals surface area contributed by atoms with E-state index >= 15 is 0 Å². The lowest BCUT2D eigenvalue weighted by atomic mass is 9.78. The molecule has 0 aliphatic heterocycles. The van der Waals surface area contributed by atoms with E-state index in [1.807, 2.05) is 66.7 Å². The van der Waals surface area contributed by atoms with Gasteiger partial charge >= 0.3 is 6.03 Å². The van der Waals surface area contributed by atoms with Gasteiger partial charge in [-0.25, -0.2) is 4.79 Å². The summed E-state index contributed by atoms with van der Waals surface area (Å²) in [6.07, 6.45) is 3.30. The standard InChI is InChI=1S/C36H43N3O2/c1-35(2,3)30-22-27(23-31(33(30)40)36(4,5)6)19-20-28-16-10-11-18-32(28)38-34(41)39(24-26-14-8-7-9-15-26)25-29-17-12-13-21-37-29/h7-18,21-23,40H,19-20,24-25H2,1-6H3,(H,38,41). The van der Waals surface area contributed by atoms with Crippen molar-refractivity contribution < 1.29 is 9.90 Å². The van der Waals surface area contributed by atoms with E-state index in [0.29, 0.717) is 18.8 Å². The van der Waals surface area contributed by atoms with Gasteiger partial charge in [-0.05, 0) is 69.7 Å². The Kier molecular flexibility index (Phi) is 9.17. The zero-order chi connectivity index (χ0) is 29.6. The number of phenolic OH excluding ortho intramolecular Hbond substituents is 1. The number of aromatic hydroxyl groups is 1. The topological polar surface area (TPSA) is 65.5 Å². The second-order valence-electron chi connectivity index (χ2n) is 12.8. The van der Waals surface area contributed by atoms with Gasteiger partial charge in [0.2, 0.25) is 0 Å². The zero-order valence-corrected chi connectivity index (χ0v) is 25.2. The highest BCUT2D eigenvalue weighted by Gasteiger charge is 2.26. The summed E-state index contributed by atoms with van der Waals surface area (Å²) in [5.74, 6) is 0.396. The average Bonchev–Trinajstić information content (AvgIpc) is 2.92. The van der Waals surface area contributed by atoms with Gasteiger partial charge in [0.25, 0.3) is 0 Å². The third-order valence-corrected chi connectivity index (χ3v) is 7.31. The number of aryl methyl sites for hydroxylation is 2. The highest BCUT2D eigenvalue weighted by atomic mass is 16.3. The molecule has 4 rings (SSSR count). The summed E-state index contributed by atoms with van der Waals surface area (Å²) in [6.45, 7) is 13.7. The van der Waals surface area contributed by atoms with Crippen LogP contribution in [0.5, 0.6) is 5.75 Å². The predicted octanol–water partition coefficient (Wildman–Crippen LogP) is 8.40. The number of nitrogens with zero attached hydrogens (tertiary/aromatic N) is 2. The van der Waals surface area contributed by atoms with Crippen LogP contribution in [-0.2, 0) is 36.8 Å². The third kappa shape index (κ3) is 7.97. The first kappa shape index (κ1) is 29.9. The quantitative estimate of drug-likeness (QED) is 0.232. The van der Waals surface area contributed by atoms with Gasteiger partial charge in [-0.2, -0.15) is 0 Å². The van der Waals surface area contributed by atoms with Gasteiger partial charge in [-0.3, -0.25) is 4.98 Å². The van der Waals surface area contributed by atoms with Crippen LogP contribution in [0.3, 0.4) is 0 Å². The number of hydrogen-bond donors (Lipinski definition) is 2. The van der Waals surface area contributed by atoms with Crippen LogP contribution in [0.4, 0.5) is 10.5 Å². The molecule has 1 aromatic heterocycles. The molecule has 2 N–H and O–H groups in total. The molecule has 3 aromatic carbocycles. The summed E-state index contributed by atoms with van der Waals surface area (Å²) in [5.41, 5.74) is 6.53. The number of nitrogens with one attached hydrogen (secondary N) is 1. The summed E-state index contributed by atoms with van der Waals surface area (Å²) in [5, 5.41) is 14.3. The first-order valence-corrected chi connectivity index (χ1v) is 14.4. The number of hydrogen-bond acceptors (Lipinski definition) is 3. The van der Waals surface area contributed by atoms with Crippen LogP contribution < -0.4 is 5.32 Å². The predicted molar refractivity (Wildman–Crippen MR) is 168 cm³/mol. The Morgan fingerprint density at radius 3 is 1.98 bits per heavy atom. The van der Waals surface area contributed by atoms with Crippen LogP contribution in [0.2, 0.25) is 0 Å². The monoisotopic (exact) mass is 549 g/mol. The maximum Gasteiger partial charge on any atom is 0.322 e. The molecule has 1 heterocycles. The fourth-order valence-corrected chi connectivity index (χ4v) is 5.01. The summed E-state index contributed by atoms with van der Waals surface area (Å²) in [7, 11) is 0. The highest BCUT2D eigenvalue weighted by Crippen LogP contribution is 2.40. The lowest BCUT2D eigenvalue weighted by Crippen LogP contribution is -2.34. The van der Waals surface area contributed by atoms with Crippen molar-refractivity contribution in [2.24, 2.45) is 0 Å². The van der Waals surface area contributed by atoms with E-state index in [0.717, 1.165) is 46.5 Å². The van der Waals surface area contributed by atoms with E-state index in [4.69, 9.17) is 0 Å². The number of rotatable bonds is 8. The molecular formula is C36H43N3O2. The molecule has 41 heavy (non-hydrogen) atoms. The van der Waals surface area contributed by atoms with Crippen molar-refractivity contribution in [1.29, 1.82) is 0 Å². The number of carbonyl (C=O) groups excluding carboxylic acids is 1. The van der Waals surface area contributed by atoms with Crippen LogP contribution in [0, 0.1) is 0 Å². The van der Waals surface area contributed by atoms with Crippen molar-refractivity contribution in [3.05, 3.63) is 125 Å². The molecule has 5 nitrogen and oxygen atoms in total. The largest absolute Gasteiger partial charge is 0.507 e. The van der Waals surface area contributed by atoms with Gasteiger partial charge < -0.3 is 15.3 Å². The first-order chi connectivity index (χ1) is 19.4. The number of carbonyl (C=O) groups is 1. The summed E-state index contributed by atoms with van der Waals surface area (Å²) in [4.78, 5) is 19.9. The molecule has 0 saturated carbocycles. The smallest absolute Gasteiger partial charge is 0.322 e. The van der Waals surface area contributed by atoms with Crippen LogP contribution in [0.1, 0.15) is 75.1 Å². The fourth-order valence-electron chi connectivity index (χ4n) is 5.01. The summed E-state index contributed by atoms with van der Waals surface area (Å²) >= 11 is 0. The molecule has 4 aromatic rings. The second-order valence-corrected chi connectivity index (χ2v) is 12.8. The molecule has 0 aliphatic rings. The number of phenols is 1. The van der Waals surface area contributed by atoms with Gasteiger partial charge in [0, 0.05) is 18.4 Å². The lowest BCUT2D eigenvalue weighted by Gasteiger charge is -2.28. The van der Waals surface area contributed by atoms with Gasteiger partial charge in [0.1, 0.15) is 5.75 Å². The number of amides is 2. The van der Waals surface area contributed by atoms with Crippen LogP contribution in [0.15, 0.2) is 91.1 Å². The van der Waals surface area contributed by atoms with Crippen molar-refractivity contribution in [3.63, 3.8) is 0 Å². The first-order valence-electron chi connectivity index (χ1n) is 14.4. The molecule has 0 spiro atoms. The minimum Gasteiger partial charge on any atom is -0.507 e. The van der Waals surface area contributed by atoms with E-state index in [2.05, 4.69) is 70.0 Å². The van der Waals surface area contributed by atoms with E-state index in [-0.39, 0.29) is 16.9 Å². The summed E-state index contributed by atoms with van der Waals surface area (Å²) < 4.78 is 0. The Balaban J connectivity index is 1.56. The molecule has 0 saturated heterocycles. The molecule has 0 unspecified atom stereocenters. The number of pyridine rings is 1. The minimum atomic E-state index is -0.179. The number of anilines is 1. The maximum atomic E-state index is 13.7. The van der Waals surface area contributed by atoms with Crippen LogP contribution in [0.25, 0.3) is 0 Å². The molecule has 0 fully saturated rings. The number of benzene rings is 3. The number of urea groups is 1. The number of aromatic nitrogens is 1. The maximum absolute atomic E-state index is 13.7. The molecule has 0 aliphatic carbocycles. The Hall–Kier alpha value is -4.12. The fraction of sp³-hybridized carbons (Fsp3) is 0.333. The molecule has 214 valence electrons. The van der Waals surface area contributed by atoms with Crippen molar-refractivity contribution in [1.82, 2.24) is 9.88 Å². The van der Waals surface area contributed by atoms with Crippen molar-refractivity contribution in [2.75, 3.05) is 5.32 Å². The SMILES string of the molecule is CC(C)(C)c1cc(CCc2ccccc2NC(=O)N(Cc2ccccc2)Cc2ccccn2)cc(C(C)(C)C)c1O. The Morgan fingerprint density at radius 1 is 0.756 bits per heavy atom. The zero-order valence-electron chi connectivity index (χ0n) is 25.2. The van der Waals surface area contributed by atoms with Crippen molar-refractivity contribution in [3.8, 4) is 5.75 Å². The van der Waals surface area contributed by atoms with Crippen molar-refractivity contribution in [2.45, 2.75) is 78.3 Å². The number of para-hydroxylation sites is 1. The van der Waals surface area contributed by atoms with E-state index < -0.39 is 0 Å². The van der Waals surface area contributed by atoms with Gasteiger partial charge in [-0.1, -0.05) is 108 Å². The molecule has 2 amide bonds. The van der Waals surface area contributed by atoms with E-state index in [1.165, 1.54) is 5.56 Å². The van der Waals surface area contributed by atoms with E-state index in [1.54, 1.807) is 11.1 Å². The summed E-state index contributed by atoms with van der Waals surface area (Å²) in [6, 6.07) is 27.9. The Morgan fingerprint density at radius 2 is 1.37 bits per heavy atom. The third-order valence-electron chi connectivity index (χ3n) is 7.31. The van der Waals surface area contributed by atoms with Gasteiger partial charge in [0.05, 0.1) is 12.2 Å². The highest BCUT2D eigenvalue weighted by molar-refractivity contribution is 5.90. The van der Waals surface area contributed by atoms with Gasteiger partial charge in [-0.15, -0.1) is 0 Å². The van der Waals surface area contributed by atoms with Gasteiger partial charge in [0.15, 0.2) is 0 Å². The molecule has 0 bridgehead atoms. The van der Waals surface area contributed by atoms with Crippen molar-refractivity contribution >= 4 is 11.7 Å². The molecule has 5 heteroatoms.